The number of benzene rings is 3. The fourth-order valence-corrected chi connectivity index (χ4v) is 9.15. The maximum absolute atomic E-state index is 14.5. The van der Waals surface area contributed by atoms with E-state index in [1.807, 2.05) is 0 Å². The van der Waals surface area contributed by atoms with Crippen molar-refractivity contribution in [2.75, 3.05) is 18.1 Å². The third-order valence-corrected chi connectivity index (χ3v) is 13.1. The summed E-state index contributed by atoms with van der Waals surface area (Å²) in [7, 11) is 2.06. The van der Waals surface area contributed by atoms with Crippen LogP contribution in [0.4, 0.5) is 0 Å². The molecule has 3 aromatic rings. The number of phenols is 1. The quantitative estimate of drug-likeness (QED) is 0.0733. The summed E-state index contributed by atoms with van der Waals surface area (Å²) >= 11 is 0. The lowest BCUT2D eigenvalue weighted by Gasteiger charge is -2.29. The van der Waals surface area contributed by atoms with Crippen LogP contribution in [0.15, 0.2) is 84.9 Å². The minimum Gasteiger partial charge on any atom is -0.508 e. The first kappa shape index (κ1) is 53.5. The second kappa shape index (κ2) is 26.9. The molecule has 1 heterocycles. The summed E-state index contributed by atoms with van der Waals surface area (Å²) in [6.07, 6.45) is 0.721. The zero-order valence-electron chi connectivity index (χ0n) is 37.6. The van der Waals surface area contributed by atoms with Gasteiger partial charge in [0.2, 0.25) is 41.4 Å². The predicted octanol–water partition coefficient (Wildman–Crippen LogP) is 0.556. The van der Waals surface area contributed by atoms with E-state index < -0.39 is 102 Å². The summed E-state index contributed by atoms with van der Waals surface area (Å²) < 4.78 is 0. The van der Waals surface area contributed by atoms with Gasteiger partial charge in [0.1, 0.15) is 48.0 Å². The molecule has 0 saturated carbocycles. The molecule has 4 rings (SSSR count). The number of hydrogen-bond donors (Lipinski definition) is 11. The number of aromatic hydroxyl groups is 1. The van der Waals surface area contributed by atoms with Gasteiger partial charge in [0.05, 0.1) is 6.04 Å². The number of nitrogens with two attached hydrogens (primary N) is 2. The number of rotatable bonds is 15. The molecule has 19 nitrogen and oxygen atoms in total. The van der Waals surface area contributed by atoms with Crippen LogP contribution in [0.25, 0.3) is 0 Å². The van der Waals surface area contributed by atoms with Crippen molar-refractivity contribution >= 4 is 68.9 Å². The Labute approximate surface area is 397 Å². The lowest BCUT2D eigenvalue weighted by atomic mass is 10.0. The van der Waals surface area contributed by atoms with E-state index in [1.165, 1.54) is 31.2 Å². The Kier molecular flexibility index (Phi) is 21.4. The van der Waals surface area contributed by atoms with Crippen molar-refractivity contribution in [3.8, 4) is 5.75 Å². The molecule has 1 aliphatic rings. The minimum absolute atomic E-state index is 0.0336. The van der Waals surface area contributed by atoms with Crippen molar-refractivity contribution in [1.82, 2.24) is 37.2 Å². The van der Waals surface area contributed by atoms with Crippen LogP contribution in [0.5, 0.6) is 5.75 Å². The van der Waals surface area contributed by atoms with Gasteiger partial charge in [-0.15, -0.1) is 0 Å². The van der Waals surface area contributed by atoms with E-state index in [0.717, 1.165) is 21.6 Å². The molecular weight excluding hydrogens is 903 g/mol. The summed E-state index contributed by atoms with van der Waals surface area (Å²) in [5, 5.41) is 38.7. The van der Waals surface area contributed by atoms with Gasteiger partial charge in [-0.2, -0.15) is 0 Å². The lowest BCUT2D eigenvalue weighted by molar-refractivity contribution is -0.143. The summed E-state index contributed by atoms with van der Waals surface area (Å²) in [6, 6.07) is 12.5. The number of nitrogens with one attached hydrogen (secondary N) is 7. The molecule has 0 radical (unpaired) electrons. The van der Waals surface area contributed by atoms with Crippen molar-refractivity contribution in [3.05, 3.63) is 102 Å². The fraction of sp³-hybridized carbons (Fsp3) is 0.435. The largest absolute Gasteiger partial charge is 0.508 e. The van der Waals surface area contributed by atoms with Crippen LogP contribution in [-0.2, 0) is 51.2 Å². The third-order valence-electron chi connectivity index (χ3n) is 10.6. The van der Waals surface area contributed by atoms with Crippen LogP contribution < -0.4 is 48.7 Å². The normalized spacial score (nSPS) is 22.4. The zero-order valence-corrected chi connectivity index (χ0v) is 39.2. The number of carboxylic acid groups (broad SMARTS) is 1. The second-order valence-electron chi connectivity index (χ2n) is 16.4. The molecule has 67 heavy (non-hydrogen) atoms. The average Bonchev–Trinajstić information content (AvgIpc) is 3.30. The first-order chi connectivity index (χ1) is 32.0. The van der Waals surface area contributed by atoms with Crippen molar-refractivity contribution < 1.29 is 48.6 Å². The Morgan fingerprint density at radius 1 is 0.687 bits per heavy atom. The Hall–Kier alpha value is -6.16. The van der Waals surface area contributed by atoms with E-state index in [0.29, 0.717) is 29.5 Å². The molecular formula is C46H61N9O10S2. The summed E-state index contributed by atoms with van der Waals surface area (Å²) in [5.74, 6) is -7.73. The van der Waals surface area contributed by atoms with Crippen LogP contribution >= 0.6 is 21.6 Å². The van der Waals surface area contributed by atoms with Gasteiger partial charge in [0, 0.05) is 24.3 Å². The van der Waals surface area contributed by atoms with Gasteiger partial charge in [0.15, 0.2) is 0 Å². The molecule has 21 heteroatoms. The highest BCUT2D eigenvalue weighted by Gasteiger charge is 2.36. The second-order valence-corrected chi connectivity index (χ2v) is 19.0. The molecule has 0 aromatic heterocycles. The van der Waals surface area contributed by atoms with Gasteiger partial charge in [0.25, 0.3) is 0 Å². The number of unbranched alkanes of at least 4 members (excludes halogenated alkanes) is 1. The van der Waals surface area contributed by atoms with Gasteiger partial charge < -0.3 is 58.9 Å². The lowest BCUT2D eigenvalue weighted by Crippen LogP contribution is -2.60. The van der Waals surface area contributed by atoms with Gasteiger partial charge >= 0.3 is 5.97 Å². The van der Waals surface area contributed by atoms with Gasteiger partial charge in [-0.1, -0.05) is 108 Å². The summed E-state index contributed by atoms with van der Waals surface area (Å²) in [6.45, 7) is 4.90. The van der Waals surface area contributed by atoms with E-state index in [9.17, 15) is 48.6 Å². The number of amides is 7. The number of aliphatic carboxylic acids is 1. The van der Waals surface area contributed by atoms with E-state index in [2.05, 4.69) is 37.2 Å². The minimum atomic E-state index is -1.41. The van der Waals surface area contributed by atoms with Crippen LogP contribution in [-0.4, -0.2) is 118 Å². The molecule has 1 saturated heterocycles. The molecule has 13 N–H and O–H groups in total. The Bertz CT molecular complexity index is 2150. The van der Waals surface area contributed by atoms with E-state index in [4.69, 9.17) is 11.5 Å². The number of carbonyl (C=O) groups is 8. The van der Waals surface area contributed by atoms with Gasteiger partial charge in [-0.05, 0) is 67.5 Å². The maximum Gasteiger partial charge on any atom is 0.326 e. The number of phenolic OH excluding ortho intramolecular Hbond substituents is 1. The maximum atomic E-state index is 14.5. The first-order valence-electron chi connectivity index (χ1n) is 21.9. The smallest absolute Gasteiger partial charge is 0.326 e. The Balaban J connectivity index is 1.84. The van der Waals surface area contributed by atoms with E-state index in [-0.39, 0.29) is 43.1 Å². The molecule has 8 atom stereocenters. The fourth-order valence-electron chi connectivity index (χ4n) is 6.83. The Morgan fingerprint density at radius 2 is 1.22 bits per heavy atom. The number of carboxylic acids is 1. The van der Waals surface area contributed by atoms with E-state index in [1.54, 1.807) is 74.5 Å². The zero-order chi connectivity index (χ0) is 49.0. The molecule has 1 fully saturated rings. The van der Waals surface area contributed by atoms with Gasteiger partial charge in [-0.25, -0.2) is 4.79 Å². The Morgan fingerprint density at radius 3 is 1.81 bits per heavy atom. The molecule has 0 unspecified atom stereocenters. The molecule has 0 aliphatic carbocycles. The van der Waals surface area contributed by atoms with Crippen molar-refractivity contribution in [3.63, 3.8) is 0 Å². The monoisotopic (exact) mass is 963 g/mol. The summed E-state index contributed by atoms with van der Waals surface area (Å²) in [4.78, 5) is 111. The number of hydrogen-bond acceptors (Lipinski definition) is 13. The molecule has 7 amide bonds. The average molecular weight is 964 g/mol. The van der Waals surface area contributed by atoms with Crippen LogP contribution in [0.1, 0.15) is 62.8 Å². The SMILES string of the molecule is CC(C)[C@H](NC(=O)[C@@H]1CSSC[C@H](NC(=O)[C@H](C)N)C(=O)N[C@@H](Cc2ccccc2)C(=O)N[C@H](c2ccccc2)C(=O)N[C@@H](CCCCN)C(=O)N[C@@H](Cc2ccc(O)cc2)C(=O)N1)C(=O)O. The van der Waals surface area contributed by atoms with Crippen molar-refractivity contribution in [2.45, 2.75) is 101 Å². The molecule has 3 aromatic carbocycles. The highest BCUT2D eigenvalue weighted by Crippen LogP contribution is 2.24. The molecule has 362 valence electrons. The van der Waals surface area contributed by atoms with Crippen molar-refractivity contribution in [2.24, 2.45) is 17.4 Å². The topological polar surface area (TPSA) is 313 Å². The molecule has 1 aliphatic heterocycles. The predicted molar refractivity (Wildman–Crippen MR) is 255 cm³/mol. The van der Waals surface area contributed by atoms with Crippen LogP contribution in [0, 0.1) is 5.92 Å². The van der Waals surface area contributed by atoms with E-state index >= 15 is 0 Å². The number of carbonyl (C=O) groups excluding carboxylic acids is 7. The third kappa shape index (κ3) is 17.2. The summed E-state index contributed by atoms with van der Waals surface area (Å²) in [5.41, 5.74) is 13.2. The van der Waals surface area contributed by atoms with Gasteiger partial charge in [-0.3, -0.25) is 33.6 Å². The van der Waals surface area contributed by atoms with Crippen LogP contribution in [0.3, 0.4) is 0 Å². The standard InChI is InChI=1S/C46H61N9O10S2/c1-26(2)37(46(64)65)54-44(62)36-25-67-66-24-35(52-39(57)27(3)48)43(61)51-34(22-28-12-6-4-7-13-28)42(60)55-38(30-14-8-5-9-15-30)45(63)49-32(16-10-11-21-47)40(58)50-33(41(59)53-36)23-29-17-19-31(56)20-18-29/h4-9,12-15,17-20,26-27,32-38,56H,10-11,16,21-25,47-48H2,1-3H3,(H,49,63)(H,50,58)(H,51,61)(H,52,57)(H,53,59)(H,54,62)(H,55,60)(H,64,65)/t27-,32-,33-,34-,35-,36-,37-,38+/m0/s1. The highest BCUT2D eigenvalue weighted by molar-refractivity contribution is 8.76. The molecule has 0 spiro atoms. The highest BCUT2D eigenvalue weighted by atomic mass is 33.1. The first-order valence-corrected chi connectivity index (χ1v) is 24.4. The molecule has 0 bridgehead atoms. The van der Waals surface area contributed by atoms with Crippen LogP contribution in [0.2, 0.25) is 0 Å². The van der Waals surface area contributed by atoms with Crippen molar-refractivity contribution in [1.29, 1.82) is 0 Å².